The fourth-order valence-corrected chi connectivity index (χ4v) is 2.24. The Labute approximate surface area is 151 Å². The zero-order valence-corrected chi connectivity index (χ0v) is 14.9. The average molecular weight is 359 g/mol. The van der Waals surface area contributed by atoms with Crippen molar-refractivity contribution in [3.63, 3.8) is 0 Å². The van der Waals surface area contributed by atoms with Gasteiger partial charge in [-0.25, -0.2) is 4.79 Å². The summed E-state index contributed by atoms with van der Waals surface area (Å²) in [5.41, 5.74) is 1.96. The van der Waals surface area contributed by atoms with Crippen LogP contribution in [0, 0.1) is 0 Å². The molecule has 1 N–H and O–H groups in total. The Morgan fingerprint density at radius 1 is 1.00 bits per heavy atom. The van der Waals surface area contributed by atoms with Crippen LogP contribution in [-0.2, 0) is 20.9 Å². The summed E-state index contributed by atoms with van der Waals surface area (Å²) in [7, 11) is 4.35. The van der Waals surface area contributed by atoms with Crippen molar-refractivity contribution in [1.29, 1.82) is 0 Å². The van der Waals surface area contributed by atoms with Crippen LogP contribution in [0.5, 0.6) is 11.5 Å². The fourth-order valence-electron chi connectivity index (χ4n) is 2.24. The average Bonchev–Trinajstić information content (AvgIpc) is 2.66. The van der Waals surface area contributed by atoms with Crippen molar-refractivity contribution in [2.75, 3.05) is 33.3 Å². The van der Waals surface area contributed by atoms with Crippen LogP contribution in [0.4, 0.5) is 5.69 Å². The smallest absolute Gasteiger partial charge is 0.343 e. The van der Waals surface area contributed by atoms with Crippen LogP contribution in [0.1, 0.15) is 15.9 Å². The van der Waals surface area contributed by atoms with Crippen molar-refractivity contribution < 1.29 is 28.5 Å². The van der Waals surface area contributed by atoms with Gasteiger partial charge in [0, 0.05) is 18.4 Å². The summed E-state index contributed by atoms with van der Waals surface area (Å²) in [4.78, 5) is 23.8. The molecule has 0 unspecified atom stereocenters. The van der Waals surface area contributed by atoms with Crippen LogP contribution in [0.3, 0.4) is 0 Å². The Morgan fingerprint density at radius 2 is 1.81 bits per heavy atom. The van der Waals surface area contributed by atoms with Crippen molar-refractivity contribution >= 4 is 17.6 Å². The Bertz CT molecular complexity index is 774. The molecule has 0 spiro atoms. The first-order chi connectivity index (χ1) is 12.6. The van der Waals surface area contributed by atoms with E-state index in [1.807, 2.05) is 18.2 Å². The van der Waals surface area contributed by atoms with Gasteiger partial charge in [-0.3, -0.25) is 4.79 Å². The van der Waals surface area contributed by atoms with Crippen LogP contribution in [0.2, 0.25) is 0 Å². The molecular formula is C19H21NO6. The predicted octanol–water partition coefficient (Wildman–Crippen LogP) is 2.65. The number of hydrogen-bond acceptors (Lipinski definition) is 6. The highest BCUT2D eigenvalue weighted by atomic mass is 16.6. The Balaban J connectivity index is 2.15. The van der Waals surface area contributed by atoms with Gasteiger partial charge in [-0.2, -0.15) is 0 Å². The van der Waals surface area contributed by atoms with E-state index in [0.717, 1.165) is 5.56 Å². The molecule has 0 aliphatic carbocycles. The molecule has 0 fully saturated rings. The summed E-state index contributed by atoms with van der Waals surface area (Å²) in [6.45, 7) is 0.175. The molecule has 0 atom stereocenters. The first-order valence-electron chi connectivity index (χ1n) is 7.84. The summed E-state index contributed by atoms with van der Waals surface area (Å²) in [6.07, 6.45) is 0. The van der Waals surface area contributed by atoms with Crippen molar-refractivity contribution in [2.45, 2.75) is 6.61 Å². The molecule has 1 amide bonds. The zero-order valence-electron chi connectivity index (χ0n) is 14.9. The van der Waals surface area contributed by atoms with Gasteiger partial charge in [0.2, 0.25) is 0 Å². The summed E-state index contributed by atoms with van der Waals surface area (Å²) < 4.78 is 20.2. The van der Waals surface area contributed by atoms with E-state index in [1.165, 1.54) is 20.3 Å². The number of hydrogen-bond donors (Lipinski definition) is 1. The molecule has 0 aliphatic heterocycles. The summed E-state index contributed by atoms with van der Waals surface area (Å²) >= 11 is 0. The lowest BCUT2D eigenvalue weighted by atomic mass is 10.1. The monoisotopic (exact) mass is 359 g/mol. The van der Waals surface area contributed by atoms with Crippen LogP contribution in [0.15, 0.2) is 42.5 Å². The normalized spacial score (nSPS) is 10.1. The van der Waals surface area contributed by atoms with E-state index in [1.54, 1.807) is 25.3 Å². The standard InChI is InChI=1S/C19H21NO6/c1-23-11-13-5-4-6-15(9-13)20-19(22)14-7-8-16(24-2)17(10-14)26-12-18(21)25-3/h4-10H,11-12H2,1-3H3,(H,20,22). The lowest BCUT2D eigenvalue weighted by molar-refractivity contribution is -0.142. The second kappa shape index (κ2) is 9.43. The Hall–Kier alpha value is -3.06. The fraction of sp³-hybridized carbons (Fsp3) is 0.263. The van der Waals surface area contributed by atoms with Crippen LogP contribution in [-0.4, -0.2) is 39.8 Å². The van der Waals surface area contributed by atoms with Crippen LogP contribution >= 0.6 is 0 Å². The quantitative estimate of drug-likeness (QED) is 0.730. The molecule has 0 saturated heterocycles. The van der Waals surface area contributed by atoms with Crippen molar-refractivity contribution in [2.24, 2.45) is 0 Å². The minimum absolute atomic E-state index is 0.277. The first-order valence-corrected chi connectivity index (χ1v) is 7.84. The maximum atomic E-state index is 12.5. The van der Waals surface area contributed by atoms with E-state index in [9.17, 15) is 9.59 Å². The van der Waals surface area contributed by atoms with Gasteiger partial charge in [-0.15, -0.1) is 0 Å². The molecule has 7 nitrogen and oxygen atoms in total. The minimum Gasteiger partial charge on any atom is -0.493 e. The number of methoxy groups -OCH3 is 3. The van der Waals surface area contributed by atoms with Gasteiger partial charge in [0.1, 0.15) is 0 Å². The van der Waals surface area contributed by atoms with E-state index in [4.69, 9.17) is 14.2 Å². The number of esters is 1. The topological polar surface area (TPSA) is 83.1 Å². The van der Waals surface area contributed by atoms with Gasteiger partial charge in [0.25, 0.3) is 5.91 Å². The molecule has 2 aromatic rings. The van der Waals surface area contributed by atoms with E-state index in [-0.39, 0.29) is 18.3 Å². The third-order valence-electron chi connectivity index (χ3n) is 3.49. The molecule has 0 aliphatic rings. The minimum atomic E-state index is -0.531. The van der Waals surface area contributed by atoms with Crippen LogP contribution in [0.25, 0.3) is 0 Å². The highest BCUT2D eigenvalue weighted by molar-refractivity contribution is 6.04. The first kappa shape index (κ1) is 19.3. The molecule has 0 radical (unpaired) electrons. The number of ether oxygens (including phenoxy) is 4. The van der Waals surface area contributed by atoms with Gasteiger partial charge < -0.3 is 24.3 Å². The Morgan fingerprint density at radius 3 is 2.50 bits per heavy atom. The van der Waals surface area contributed by atoms with Gasteiger partial charge >= 0.3 is 5.97 Å². The third kappa shape index (κ3) is 5.22. The molecule has 2 rings (SSSR count). The maximum Gasteiger partial charge on any atom is 0.343 e. The molecule has 2 aromatic carbocycles. The van der Waals surface area contributed by atoms with Crippen LogP contribution < -0.4 is 14.8 Å². The molecule has 0 heterocycles. The van der Waals surface area contributed by atoms with Crippen molar-refractivity contribution in [1.82, 2.24) is 0 Å². The zero-order chi connectivity index (χ0) is 18.9. The number of anilines is 1. The second-order valence-electron chi connectivity index (χ2n) is 5.32. The number of amides is 1. The highest BCUT2D eigenvalue weighted by Gasteiger charge is 2.13. The van der Waals surface area contributed by atoms with Gasteiger partial charge in [0.15, 0.2) is 18.1 Å². The predicted molar refractivity (Wildman–Crippen MR) is 95.6 cm³/mol. The van der Waals surface area contributed by atoms with E-state index in [0.29, 0.717) is 23.6 Å². The summed E-state index contributed by atoms with van der Waals surface area (Å²) in [6, 6.07) is 12.1. The number of rotatable bonds is 8. The SMILES string of the molecule is COCc1cccc(NC(=O)c2ccc(OC)c(OCC(=O)OC)c2)c1. The number of benzene rings is 2. The number of nitrogens with one attached hydrogen (secondary N) is 1. The van der Waals surface area contributed by atoms with Crippen molar-refractivity contribution in [3.05, 3.63) is 53.6 Å². The third-order valence-corrected chi connectivity index (χ3v) is 3.49. The number of carbonyl (C=O) groups is 2. The Kier molecular flexibility index (Phi) is 6.99. The highest BCUT2D eigenvalue weighted by Crippen LogP contribution is 2.28. The molecule has 26 heavy (non-hydrogen) atoms. The van der Waals surface area contributed by atoms with E-state index >= 15 is 0 Å². The lowest BCUT2D eigenvalue weighted by Gasteiger charge is -2.12. The number of carbonyl (C=O) groups excluding carboxylic acids is 2. The van der Waals surface area contributed by atoms with E-state index < -0.39 is 5.97 Å². The molecule has 0 bridgehead atoms. The summed E-state index contributed by atoms with van der Waals surface area (Å²) in [5.74, 6) is -0.159. The second-order valence-corrected chi connectivity index (χ2v) is 5.32. The molecular weight excluding hydrogens is 338 g/mol. The lowest BCUT2D eigenvalue weighted by Crippen LogP contribution is -2.15. The van der Waals surface area contributed by atoms with Crippen molar-refractivity contribution in [3.8, 4) is 11.5 Å². The molecule has 0 saturated carbocycles. The van der Waals surface area contributed by atoms with Gasteiger partial charge in [-0.1, -0.05) is 12.1 Å². The molecule has 7 heteroatoms. The molecule has 138 valence electrons. The largest absolute Gasteiger partial charge is 0.493 e. The van der Waals surface area contributed by atoms with Gasteiger partial charge in [-0.05, 0) is 35.9 Å². The summed E-state index contributed by atoms with van der Waals surface area (Å²) in [5, 5.41) is 2.82. The van der Waals surface area contributed by atoms with Gasteiger partial charge in [0.05, 0.1) is 20.8 Å². The molecule has 0 aromatic heterocycles. The maximum absolute atomic E-state index is 12.5. The van der Waals surface area contributed by atoms with E-state index in [2.05, 4.69) is 10.1 Å².